The van der Waals surface area contributed by atoms with Crippen LogP contribution >= 0.6 is 0 Å². The Labute approximate surface area is 140 Å². The third-order valence-corrected chi connectivity index (χ3v) is 2.84. The van der Waals surface area contributed by atoms with Gasteiger partial charge >= 0.3 is 12.2 Å². The van der Waals surface area contributed by atoms with Gasteiger partial charge < -0.3 is 23.7 Å². The standard InChI is InChI=1S/C15H22N2O7/c1-6-23-14(18)16-17(15(19)24-7-2)13-11(21-4)8-10(20-3)9-12(13)22-5/h8-9H,6-7H2,1-5H3,(H,16,18). The van der Waals surface area contributed by atoms with E-state index in [1.54, 1.807) is 13.8 Å². The van der Waals surface area contributed by atoms with Gasteiger partial charge in [-0.3, -0.25) is 0 Å². The van der Waals surface area contributed by atoms with Crippen molar-refractivity contribution in [2.24, 2.45) is 0 Å². The number of hydrogen-bond acceptors (Lipinski definition) is 7. The summed E-state index contributed by atoms with van der Waals surface area (Å²) in [6.07, 6.45) is -1.65. The number of carbonyl (C=O) groups is 2. The molecule has 2 amide bonds. The summed E-state index contributed by atoms with van der Waals surface area (Å²) >= 11 is 0. The Morgan fingerprint density at radius 1 is 0.958 bits per heavy atom. The summed E-state index contributed by atoms with van der Waals surface area (Å²) in [5.74, 6) is 0.916. The molecule has 1 aromatic rings. The Bertz CT molecular complexity index is 552. The van der Waals surface area contributed by atoms with Gasteiger partial charge in [0.1, 0.15) is 5.75 Å². The number of ether oxygens (including phenoxy) is 5. The van der Waals surface area contributed by atoms with Crippen LogP contribution in [0.1, 0.15) is 13.8 Å². The van der Waals surface area contributed by atoms with Gasteiger partial charge in [0.15, 0.2) is 17.2 Å². The summed E-state index contributed by atoms with van der Waals surface area (Å²) in [5, 5.41) is 0.860. The third-order valence-electron chi connectivity index (χ3n) is 2.84. The predicted molar refractivity (Wildman–Crippen MR) is 85.8 cm³/mol. The first-order valence-corrected chi connectivity index (χ1v) is 7.22. The highest BCUT2D eigenvalue weighted by Crippen LogP contribution is 2.41. The van der Waals surface area contributed by atoms with Gasteiger partial charge in [-0.2, -0.15) is 5.01 Å². The van der Waals surface area contributed by atoms with E-state index >= 15 is 0 Å². The summed E-state index contributed by atoms with van der Waals surface area (Å²) in [5.41, 5.74) is 2.45. The molecule has 0 aliphatic carbocycles. The van der Waals surface area contributed by atoms with E-state index in [4.69, 9.17) is 23.7 Å². The molecule has 0 unspecified atom stereocenters. The number of carbonyl (C=O) groups excluding carboxylic acids is 2. The maximum Gasteiger partial charge on any atom is 0.433 e. The van der Waals surface area contributed by atoms with Crippen molar-refractivity contribution in [3.63, 3.8) is 0 Å². The van der Waals surface area contributed by atoms with E-state index < -0.39 is 12.2 Å². The van der Waals surface area contributed by atoms with Crippen molar-refractivity contribution in [1.29, 1.82) is 0 Å². The van der Waals surface area contributed by atoms with E-state index in [1.807, 2.05) is 0 Å². The Balaban J connectivity index is 3.39. The van der Waals surface area contributed by atoms with E-state index in [0.29, 0.717) is 5.75 Å². The van der Waals surface area contributed by atoms with E-state index in [9.17, 15) is 9.59 Å². The maximum atomic E-state index is 12.3. The van der Waals surface area contributed by atoms with Crippen molar-refractivity contribution < 1.29 is 33.3 Å². The minimum Gasteiger partial charge on any atom is -0.496 e. The molecule has 0 aromatic heterocycles. The van der Waals surface area contributed by atoms with Crippen LogP contribution in [0.4, 0.5) is 15.3 Å². The van der Waals surface area contributed by atoms with Crippen LogP contribution in [0.15, 0.2) is 12.1 Å². The molecule has 0 radical (unpaired) electrons. The van der Waals surface area contributed by atoms with Gasteiger partial charge in [0.25, 0.3) is 0 Å². The molecule has 0 saturated heterocycles. The molecule has 1 aromatic carbocycles. The highest BCUT2D eigenvalue weighted by atomic mass is 16.6. The molecule has 0 aliphatic rings. The lowest BCUT2D eigenvalue weighted by molar-refractivity contribution is 0.138. The van der Waals surface area contributed by atoms with E-state index in [1.165, 1.54) is 33.5 Å². The van der Waals surface area contributed by atoms with Gasteiger partial charge in [0, 0.05) is 12.1 Å². The second-order valence-corrected chi connectivity index (χ2v) is 4.25. The molecule has 0 saturated carbocycles. The van der Waals surface area contributed by atoms with Gasteiger partial charge in [0.2, 0.25) is 0 Å². The smallest absolute Gasteiger partial charge is 0.433 e. The van der Waals surface area contributed by atoms with Crippen LogP contribution in [0.25, 0.3) is 0 Å². The number of hydrazine groups is 1. The predicted octanol–water partition coefficient (Wildman–Crippen LogP) is 2.34. The number of rotatable bonds is 6. The van der Waals surface area contributed by atoms with Crippen molar-refractivity contribution >= 4 is 17.9 Å². The fourth-order valence-electron chi connectivity index (χ4n) is 1.84. The number of methoxy groups -OCH3 is 3. The monoisotopic (exact) mass is 342 g/mol. The molecule has 134 valence electrons. The minimum absolute atomic E-state index is 0.112. The summed E-state index contributed by atoms with van der Waals surface area (Å²) in [6, 6.07) is 3.08. The largest absolute Gasteiger partial charge is 0.496 e. The zero-order chi connectivity index (χ0) is 18.1. The van der Waals surface area contributed by atoms with E-state index in [-0.39, 0.29) is 30.4 Å². The van der Waals surface area contributed by atoms with Crippen molar-refractivity contribution in [3.8, 4) is 17.2 Å². The fourth-order valence-corrected chi connectivity index (χ4v) is 1.84. The topological polar surface area (TPSA) is 95.6 Å². The average Bonchev–Trinajstić information content (AvgIpc) is 2.58. The number of hydrogen-bond donors (Lipinski definition) is 1. The lowest BCUT2D eigenvalue weighted by Gasteiger charge is -2.25. The number of benzene rings is 1. The maximum absolute atomic E-state index is 12.3. The van der Waals surface area contributed by atoms with Gasteiger partial charge in [-0.05, 0) is 13.8 Å². The molecule has 0 aliphatic heterocycles. The van der Waals surface area contributed by atoms with Crippen molar-refractivity contribution in [2.45, 2.75) is 13.8 Å². The quantitative estimate of drug-likeness (QED) is 0.793. The lowest BCUT2D eigenvalue weighted by atomic mass is 10.2. The van der Waals surface area contributed by atoms with Gasteiger partial charge in [0.05, 0.1) is 34.5 Å². The van der Waals surface area contributed by atoms with Crippen molar-refractivity contribution in [3.05, 3.63) is 12.1 Å². The Morgan fingerprint density at radius 2 is 1.50 bits per heavy atom. The highest BCUT2D eigenvalue weighted by Gasteiger charge is 2.28. The molecule has 0 bridgehead atoms. The molecular weight excluding hydrogens is 320 g/mol. The van der Waals surface area contributed by atoms with Crippen LogP contribution < -0.4 is 24.6 Å². The first kappa shape index (κ1) is 19.2. The average molecular weight is 342 g/mol. The minimum atomic E-state index is -0.828. The zero-order valence-corrected chi connectivity index (χ0v) is 14.4. The van der Waals surface area contributed by atoms with Crippen LogP contribution in [0.3, 0.4) is 0 Å². The van der Waals surface area contributed by atoms with Crippen LogP contribution in [0.2, 0.25) is 0 Å². The number of amides is 2. The molecule has 1 N–H and O–H groups in total. The molecule has 1 rings (SSSR count). The summed E-state index contributed by atoms with van der Waals surface area (Å²) < 4.78 is 25.5. The molecule has 0 spiro atoms. The van der Waals surface area contributed by atoms with Gasteiger partial charge in [-0.15, -0.1) is 0 Å². The fraction of sp³-hybridized carbons (Fsp3) is 0.467. The second kappa shape index (κ2) is 9.33. The van der Waals surface area contributed by atoms with Gasteiger partial charge in [-0.25, -0.2) is 15.0 Å². The van der Waals surface area contributed by atoms with Crippen LogP contribution in [0.5, 0.6) is 17.2 Å². The molecule has 0 heterocycles. The molecule has 9 heteroatoms. The van der Waals surface area contributed by atoms with E-state index in [2.05, 4.69) is 5.43 Å². The van der Waals surface area contributed by atoms with E-state index in [0.717, 1.165) is 5.01 Å². The van der Waals surface area contributed by atoms with Crippen LogP contribution in [-0.2, 0) is 9.47 Å². The third kappa shape index (κ3) is 4.58. The number of anilines is 1. The number of nitrogens with zero attached hydrogens (tertiary/aromatic N) is 1. The van der Waals surface area contributed by atoms with Crippen LogP contribution in [-0.4, -0.2) is 46.7 Å². The summed E-state index contributed by atoms with van der Waals surface area (Å²) in [6.45, 7) is 3.53. The highest BCUT2D eigenvalue weighted by molar-refractivity contribution is 5.94. The Hall–Kier alpha value is -2.84. The SMILES string of the molecule is CCOC(=O)NN(C(=O)OCC)c1c(OC)cc(OC)cc1OC. The second-order valence-electron chi connectivity index (χ2n) is 4.25. The zero-order valence-electron chi connectivity index (χ0n) is 14.4. The van der Waals surface area contributed by atoms with Crippen molar-refractivity contribution in [2.75, 3.05) is 39.6 Å². The molecule has 9 nitrogen and oxygen atoms in total. The normalized spacial score (nSPS) is 9.71. The molecule has 24 heavy (non-hydrogen) atoms. The molecule has 0 fully saturated rings. The molecular formula is C15H22N2O7. The Kier molecular flexibility index (Phi) is 7.47. The first-order chi connectivity index (χ1) is 11.5. The number of nitrogens with one attached hydrogen (secondary N) is 1. The Morgan fingerprint density at radius 3 is 1.92 bits per heavy atom. The lowest BCUT2D eigenvalue weighted by Crippen LogP contribution is -2.47. The van der Waals surface area contributed by atoms with Crippen LogP contribution in [0, 0.1) is 0 Å². The summed E-state index contributed by atoms with van der Waals surface area (Å²) in [7, 11) is 4.30. The van der Waals surface area contributed by atoms with Gasteiger partial charge in [-0.1, -0.05) is 0 Å². The van der Waals surface area contributed by atoms with Crippen molar-refractivity contribution in [1.82, 2.24) is 5.43 Å². The summed E-state index contributed by atoms with van der Waals surface area (Å²) in [4.78, 5) is 24.0. The first-order valence-electron chi connectivity index (χ1n) is 7.22. The molecule has 0 atom stereocenters.